The number of hydrogen-bond donors (Lipinski definition) is 2. The Bertz CT molecular complexity index is 415. The number of imide groups is 1. The third-order valence-electron chi connectivity index (χ3n) is 2.32. The molecule has 1 aromatic heterocycles. The van der Waals surface area contributed by atoms with Crippen LogP contribution in [0.3, 0.4) is 0 Å². The van der Waals surface area contributed by atoms with Gasteiger partial charge in [-0.1, -0.05) is 5.16 Å². The number of carbonyl (C=O) groups excluding carboxylic acids is 2. The van der Waals surface area contributed by atoms with Crippen LogP contribution < -0.4 is 10.6 Å². The molecule has 7 nitrogen and oxygen atoms in total. The number of nitrogens with one attached hydrogen (secondary N) is 2. The molecule has 16 heavy (non-hydrogen) atoms. The van der Waals surface area contributed by atoms with E-state index in [0.29, 0.717) is 31.1 Å². The largest absolute Gasteiger partial charge is 0.340 e. The number of hydrogen-bond acceptors (Lipinski definition) is 6. The van der Waals surface area contributed by atoms with Gasteiger partial charge in [-0.3, -0.25) is 20.2 Å². The zero-order valence-corrected chi connectivity index (χ0v) is 8.82. The van der Waals surface area contributed by atoms with Gasteiger partial charge in [0.25, 0.3) is 0 Å². The summed E-state index contributed by atoms with van der Waals surface area (Å²) in [6, 6.07) is -0.364. The molecule has 2 N–H and O–H groups in total. The molecule has 0 saturated carbocycles. The number of aryl methyl sites for hydroxylation is 1. The lowest BCUT2D eigenvalue weighted by molar-refractivity contribution is -0.134. The van der Waals surface area contributed by atoms with Gasteiger partial charge in [-0.25, -0.2) is 0 Å². The van der Waals surface area contributed by atoms with E-state index in [9.17, 15) is 9.59 Å². The van der Waals surface area contributed by atoms with Crippen molar-refractivity contribution in [3.63, 3.8) is 0 Å². The zero-order chi connectivity index (χ0) is 11.5. The Labute approximate surface area is 91.6 Å². The normalized spacial score (nSPS) is 20.9. The van der Waals surface area contributed by atoms with Crippen molar-refractivity contribution in [3.05, 3.63) is 11.7 Å². The van der Waals surface area contributed by atoms with Crippen LogP contribution in [0.15, 0.2) is 4.52 Å². The van der Waals surface area contributed by atoms with Crippen LogP contribution in [0.25, 0.3) is 0 Å². The second-order valence-corrected chi connectivity index (χ2v) is 3.61. The molecule has 1 aromatic rings. The summed E-state index contributed by atoms with van der Waals surface area (Å²) in [6.07, 6.45) is 0.857. The third kappa shape index (κ3) is 2.43. The minimum absolute atomic E-state index is 0.224. The second-order valence-electron chi connectivity index (χ2n) is 3.61. The molecule has 1 aliphatic heterocycles. The molecule has 2 rings (SSSR count). The van der Waals surface area contributed by atoms with Crippen LogP contribution in [0.1, 0.15) is 24.6 Å². The van der Waals surface area contributed by atoms with Crippen LogP contribution in [-0.2, 0) is 16.1 Å². The maximum Gasteiger partial charge on any atom is 0.243 e. The molecule has 1 atom stereocenters. The van der Waals surface area contributed by atoms with Gasteiger partial charge in [-0.05, 0) is 6.42 Å². The van der Waals surface area contributed by atoms with Crippen molar-refractivity contribution in [3.8, 4) is 0 Å². The van der Waals surface area contributed by atoms with Crippen molar-refractivity contribution >= 4 is 11.8 Å². The number of nitrogens with zero attached hydrogens (tertiary/aromatic N) is 2. The van der Waals surface area contributed by atoms with E-state index in [1.54, 1.807) is 6.92 Å². The number of aromatic nitrogens is 2. The molecule has 1 aliphatic rings. The van der Waals surface area contributed by atoms with Gasteiger partial charge < -0.3 is 4.52 Å². The summed E-state index contributed by atoms with van der Waals surface area (Å²) in [6.45, 7) is 2.05. The maximum atomic E-state index is 11.4. The minimum atomic E-state index is -0.364. The lowest BCUT2D eigenvalue weighted by atomic mass is 10.1. The Morgan fingerprint density at radius 1 is 1.56 bits per heavy atom. The lowest BCUT2D eigenvalue weighted by Gasteiger charge is -2.20. The van der Waals surface area contributed by atoms with E-state index in [1.807, 2.05) is 0 Å². The number of piperidine rings is 1. The van der Waals surface area contributed by atoms with Gasteiger partial charge in [0.2, 0.25) is 17.7 Å². The molecule has 0 radical (unpaired) electrons. The summed E-state index contributed by atoms with van der Waals surface area (Å²) in [5.74, 6) is 0.470. The van der Waals surface area contributed by atoms with E-state index in [1.165, 1.54) is 0 Å². The quantitative estimate of drug-likeness (QED) is 0.657. The molecule has 2 heterocycles. The molecule has 0 spiro atoms. The molecule has 7 heteroatoms. The smallest absolute Gasteiger partial charge is 0.243 e. The fourth-order valence-electron chi connectivity index (χ4n) is 1.52. The summed E-state index contributed by atoms with van der Waals surface area (Å²) in [7, 11) is 0. The molecule has 1 fully saturated rings. The summed E-state index contributed by atoms with van der Waals surface area (Å²) >= 11 is 0. The molecule has 0 aliphatic carbocycles. The van der Waals surface area contributed by atoms with E-state index in [4.69, 9.17) is 4.52 Å². The summed E-state index contributed by atoms with van der Waals surface area (Å²) < 4.78 is 4.79. The molecule has 1 saturated heterocycles. The fourth-order valence-corrected chi connectivity index (χ4v) is 1.52. The van der Waals surface area contributed by atoms with E-state index < -0.39 is 0 Å². The monoisotopic (exact) mass is 224 g/mol. The van der Waals surface area contributed by atoms with Crippen LogP contribution in [0.5, 0.6) is 0 Å². The summed E-state index contributed by atoms with van der Waals surface area (Å²) in [5.41, 5.74) is 0. The van der Waals surface area contributed by atoms with Crippen molar-refractivity contribution in [2.24, 2.45) is 0 Å². The van der Waals surface area contributed by atoms with Gasteiger partial charge in [0, 0.05) is 13.3 Å². The number of rotatable bonds is 3. The van der Waals surface area contributed by atoms with Gasteiger partial charge >= 0.3 is 0 Å². The molecule has 0 bridgehead atoms. The van der Waals surface area contributed by atoms with Crippen molar-refractivity contribution in [2.45, 2.75) is 32.4 Å². The van der Waals surface area contributed by atoms with Gasteiger partial charge in [-0.15, -0.1) is 0 Å². The Kier molecular flexibility index (Phi) is 2.95. The maximum absolute atomic E-state index is 11.4. The second kappa shape index (κ2) is 4.40. The first-order valence-corrected chi connectivity index (χ1v) is 5.01. The van der Waals surface area contributed by atoms with Crippen LogP contribution >= 0.6 is 0 Å². The van der Waals surface area contributed by atoms with Crippen LogP contribution in [0.2, 0.25) is 0 Å². The van der Waals surface area contributed by atoms with Gasteiger partial charge in [0.1, 0.15) is 0 Å². The summed E-state index contributed by atoms with van der Waals surface area (Å²) in [5, 5.41) is 8.93. The van der Waals surface area contributed by atoms with E-state index in [-0.39, 0.29) is 17.9 Å². The molecule has 1 unspecified atom stereocenters. The fraction of sp³-hybridized carbons (Fsp3) is 0.556. The van der Waals surface area contributed by atoms with E-state index in [0.717, 1.165) is 0 Å². The average Bonchev–Trinajstić information content (AvgIpc) is 2.63. The Hall–Kier alpha value is -1.76. The van der Waals surface area contributed by atoms with E-state index in [2.05, 4.69) is 20.8 Å². The van der Waals surface area contributed by atoms with Crippen molar-refractivity contribution in [2.75, 3.05) is 0 Å². The predicted molar refractivity (Wildman–Crippen MR) is 52.0 cm³/mol. The molecule has 2 amide bonds. The highest BCUT2D eigenvalue weighted by molar-refractivity contribution is 6.00. The van der Waals surface area contributed by atoms with Gasteiger partial charge in [0.05, 0.1) is 12.6 Å². The SMILES string of the molecule is Cc1nc(CNC2CCC(=O)NC2=O)no1. The molecular weight excluding hydrogens is 212 g/mol. The Morgan fingerprint density at radius 2 is 2.38 bits per heavy atom. The first-order valence-electron chi connectivity index (χ1n) is 5.01. The van der Waals surface area contributed by atoms with E-state index >= 15 is 0 Å². The first kappa shape index (κ1) is 10.7. The zero-order valence-electron chi connectivity index (χ0n) is 8.82. The van der Waals surface area contributed by atoms with Crippen LogP contribution in [0, 0.1) is 6.92 Å². The Balaban J connectivity index is 1.86. The third-order valence-corrected chi connectivity index (χ3v) is 2.32. The molecular formula is C9H12N4O3. The topological polar surface area (TPSA) is 97.1 Å². The van der Waals surface area contributed by atoms with Crippen molar-refractivity contribution in [1.29, 1.82) is 0 Å². The average molecular weight is 224 g/mol. The number of amides is 2. The summed E-state index contributed by atoms with van der Waals surface area (Å²) in [4.78, 5) is 26.3. The van der Waals surface area contributed by atoms with Gasteiger partial charge in [0.15, 0.2) is 5.82 Å². The lowest BCUT2D eigenvalue weighted by Crippen LogP contribution is -2.50. The van der Waals surface area contributed by atoms with Crippen molar-refractivity contribution in [1.82, 2.24) is 20.8 Å². The van der Waals surface area contributed by atoms with Crippen LogP contribution in [-0.4, -0.2) is 28.0 Å². The highest BCUT2D eigenvalue weighted by atomic mass is 16.5. The van der Waals surface area contributed by atoms with Gasteiger partial charge in [-0.2, -0.15) is 4.98 Å². The van der Waals surface area contributed by atoms with Crippen molar-refractivity contribution < 1.29 is 14.1 Å². The Morgan fingerprint density at radius 3 is 3.00 bits per heavy atom. The van der Waals surface area contributed by atoms with Crippen LogP contribution in [0.4, 0.5) is 0 Å². The highest BCUT2D eigenvalue weighted by Crippen LogP contribution is 2.05. The first-order chi connectivity index (χ1) is 7.65. The highest BCUT2D eigenvalue weighted by Gasteiger charge is 2.26. The molecule has 86 valence electrons. The minimum Gasteiger partial charge on any atom is -0.340 e. The number of carbonyl (C=O) groups is 2. The predicted octanol–water partition coefficient (Wildman–Crippen LogP) is -0.727. The molecule has 0 aromatic carbocycles. The standard InChI is InChI=1S/C9H12N4O3/c1-5-11-7(13-16-5)4-10-6-2-3-8(14)12-9(6)15/h6,10H,2-4H2,1H3,(H,12,14,15).